The van der Waals surface area contributed by atoms with Gasteiger partial charge < -0.3 is 5.73 Å². The second-order valence-corrected chi connectivity index (χ2v) is 3.46. The van der Waals surface area contributed by atoms with Crippen LogP contribution >= 0.6 is 0 Å². The summed E-state index contributed by atoms with van der Waals surface area (Å²) in [6.07, 6.45) is 0.847. The molecule has 0 bridgehead atoms. The van der Waals surface area contributed by atoms with Crippen LogP contribution in [0.5, 0.6) is 0 Å². The molecule has 15 heavy (non-hydrogen) atoms. The number of carbonyl (C=O) groups excluding carboxylic acids is 1. The average molecular weight is 208 g/mol. The first-order valence-corrected chi connectivity index (χ1v) is 4.88. The van der Waals surface area contributed by atoms with E-state index in [1.807, 2.05) is 37.3 Å². The zero-order valence-corrected chi connectivity index (χ0v) is 8.77. The number of rotatable bonds is 6. The molecule has 0 aromatic heterocycles. The minimum absolute atomic E-state index is 0.0981. The van der Waals surface area contributed by atoms with Crippen molar-refractivity contribution in [2.45, 2.75) is 19.4 Å². The number of nitrogens with one attached hydrogen (secondary N) is 1. The van der Waals surface area contributed by atoms with Crippen LogP contribution < -0.4 is 11.2 Å². The number of primary amides is 1. The quantitative estimate of drug-likeness (QED) is 0.674. The van der Waals surface area contributed by atoms with E-state index in [4.69, 9.17) is 10.6 Å². The van der Waals surface area contributed by atoms with Crippen LogP contribution in [0.3, 0.4) is 0 Å². The first kappa shape index (κ1) is 11.7. The van der Waals surface area contributed by atoms with Crippen LogP contribution in [0.4, 0.5) is 0 Å². The molecule has 82 valence electrons. The van der Waals surface area contributed by atoms with Crippen molar-refractivity contribution in [3.63, 3.8) is 0 Å². The van der Waals surface area contributed by atoms with Gasteiger partial charge in [-0.3, -0.25) is 9.63 Å². The molecule has 0 saturated heterocycles. The molecule has 1 aromatic rings. The Bertz CT molecular complexity index is 301. The van der Waals surface area contributed by atoms with E-state index in [1.54, 1.807) is 0 Å². The van der Waals surface area contributed by atoms with Gasteiger partial charge >= 0.3 is 0 Å². The van der Waals surface area contributed by atoms with E-state index >= 15 is 0 Å². The smallest absolute Gasteiger partial charge is 0.245 e. The topological polar surface area (TPSA) is 64.3 Å². The third kappa shape index (κ3) is 5.15. The minimum atomic E-state index is -0.477. The van der Waals surface area contributed by atoms with Gasteiger partial charge in [-0.15, -0.1) is 0 Å². The van der Waals surface area contributed by atoms with Crippen molar-refractivity contribution in [1.29, 1.82) is 0 Å². The van der Waals surface area contributed by atoms with Crippen LogP contribution in [0.1, 0.15) is 12.5 Å². The molecule has 1 atom stereocenters. The highest BCUT2D eigenvalue weighted by molar-refractivity contribution is 5.74. The van der Waals surface area contributed by atoms with Crippen molar-refractivity contribution >= 4 is 5.91 Å². The van der Waals surface area contributed by atoms with E-state index < -0.39 is 5.91 Å². The second kappa shape index (κ2) is 6.16. The number of hydrogen-bond donors (Lipinski definition) is 2. The molecule has 1 amide bonds. The third-order valence-corrected chi connectivity index (χ3v) is 1.88. The highest BCUT2D eigenvalue weighted by Gasteiger charge is 2.03. The molecular weight excluding hydrogens is 192 g/mol. The zero-order valence-electron chi connectivity index (χ0n) is 8.77. The molecule has 1 rings (SSSR count). The molecule has 3 N–H and O–H groups in total. The van der Waals surface area contributed by atoms with Crippen LogP contribution in [-0.4, -0.2) is 18.6 Å². The average Bonchev–Trinajstić information content (AvgIpc) is 2.18. The maximum Gasteiger partial charge on any atom is 0.245 e. The van der Waals surface area contributed by atoms with Crippen molar-refractivity contribution in [3.05, 3.63) is 35.9 Å². The van der Waals surface area contributed by atoms with Crippen molar-refractivity contribution < 1.29 is 9.63 Å². The van der Waals surface area contributed by atoms with Gasteiger partial charge in [0, 0.05) is 6.04 Å². The van der Waals surface area contributed by atoms with Gasteiger partial charge in [0.15, 0.2) is 0 Å². The van der Waals surface area contributed by atoms with E-state index in [0.29, 0.717) is 0 Å². The number of carbonyl (C=O) groups is 1. The van der Waals surface area contributed by atoms with Crippen molar-refractivity contribution in [2.75, 3.05) is 6.61 Å². The Hall–Kier alpha value is -1.39. The van der Waals surface area contributed by atoms with Crippen LogP contribution in [0, 0.1) is 0 Å². The summed E-state index contributed by atoms with van der Waals surface area (Å²) >= 11 is 0. The summed E-state index contributed by atoms with van der Waals surface area (Å²) in [6, 6.07) is 10.2. The highest BCUT2D eigenvalue weighted by atomic mass is 16.6. The van der Waals surface area contributed by atoms with Crippen LogP contribution in [0.2, 0.25) is 0 Å². The molecule has 0 aliphatic carbocycles. The van der Waals surface area contributed by atoms with Crippen molar-refractivity contribution in [2.24, 2.45) is 5.73 Å². The van der Waals surface area contributed by atoms with Gasteiger partial charge in [0.25, 0.3) is 0 Å². The molecule has 0 aliphatic heterocycles. The fourth-order valence-corrected chi connectivity index (χ4v) is 1.26. The van der Waals surface area contributed by atoms with E-state index in [1.165, 1.54) is 5.56 Å². The Balaban J connectivity index is 2.24. The Kier molecular flexibility index (Phi) is 4.80. The zero-order chi connectivity index (χ0) is 11.1. The van der Waals surface area contributed by atoms with Gasteiger partial charge in [0.1, 0.15) is 6.61 Å². The summed E-state index contributed by atoms with van der Waals surface area (Å²) in [5, 5.41) is 0. The second-order valence-electron chi connectivity index (χ2n) is 3.46. The Labute approximate surface area is 89.4 Å². The normalized spacial score (nSPS) is 12.3. The van der Waals surface area contributed by atoms with Crippen molar-refractivity contribution in [3.8, 4) is 0 Å². The van der Waals surface area contributed by atoms with Crippen molar-refractivity contribution in [1.82, 2.24) is 5.48 Å². The summed E-state index contributed by atoms with van der Waals surface area (Å²) in [5.41, 5.74) is 8.91. The Morgan fingerprint density at radius 2 is 2.13 bits per heavy atom. The van der Waals surface area contributed by atoms with Gasteiger partial charge in [-0.1, -0.05) is 30.3 Å². The molecule has 4 heteroatoms. The van der Waals surface area contributed by atoms with E-state index in [-0.39, 0.29) is 12.6 Å². The fraction of sp³-hybridized carbons (Fsp3) is 0.364. The van der Waals surface area contributed by atoms with Gasteiger partial charge in [0.05, 0.1) is 0 Å². The molecule has 1 unspecified atom stereocenters. The number of benzene rings is 1. The molecule has 0 spiro atoms. The van der Waals surface area contributed by atoms with Gasteiger partial charge in [0.2, 0.25) is 5.91 Å². The fourth-order valence-electron chi connectivity index (χ4n) is 1.26. The Morgan fingerprint density at radius 1 is 1.47 bits per heavy atom. The number of amides is 1. The highest BCUT2D eigenvalue weighted by Crippen LogP contribution is 2.02. The molecule has 0 radical (unpaired) electrons. The minimum Gasteiger partial charge on any atom is -0.368 e. The van der Waals surface area contributed by atoms with E-state index in [9.17, 15) is 4.79 Å². The summed E-state index contributed by atoms with van der Waals surface area (Å²) in [5.74, 6) is -0.477. The monoisotopic (exact) mass is 208 g/mol. The Morgan fingerprint density at radius 3 is 2.73 bits per heavy atom. The lowest BCUT2D eigenvalue weighted by Crippen LogP contribution is -2.32. The lowest BCUT2D eigenvalue weighted by atomic mass is 10.1. The maximum atomic E-state index is 10.4. The number of hydrogen-bond acceptors (Lipinski definition) is 3. The maximum absolute atomic E-state index is 10.4. The first-order chi connectivity index (χ1) is 7.18. The summed E-state index contributed by atoms with van der Waals surface area (Å²) in [6.45, 7) is 1.88. The number of nitrogens with two attached hydrogens (primary N) is 1. The number of hydroxylamine groups is 1. The summed E-state index contributed by atoms with van der Waals surface area (Å²) in [4.78, 5) is 15.3. The van der Waals surface area contributed by atoms with E-state index in [2.05, 4.69) is 5.48 Å². The SMILES string of the molecule is CC(Cc1ccccc1)NOCC(N)=O. The molecule has 4 nitrogen and oxygen atoms in total. The summed E-state index contributed by atoms with van der Waals surface area (Å²) in [7, 11) is 0. The molecule has 0 fully saturated rings. The summed E-state index contributed by atoms with van der Waals surface area (Å²) < 4.78 is 0. The standard InChI is InChI=1S/C11H16N2O2/c1-9(13-15-8-11(12)14)7-10-5-3-2-4-6-10/h2-6,9,13H,7-8H2,1H3,(H2,12,14). The lowest BCUT2D eigenvalue weighted by Gasteiger charge is -2.12. The first-order valence-electron chi connectivity index (χ1n) is 4.88. The predicted octanol–water partition coefficient (Wildman–Crippen LogP) is 0.624. The molecule has 1 aromatic carbocycles. The van der Waals surface area contributed by atoms with Crippen LogP contribution in [-0.2, 0) is 16.1 Å². The third-order valence-electron chi connectivity index (χ3n) is 1.88. The molecule has 0 heterocycles. The molecule has 0 saturated carbocycles. The van der Waals surface area contributed by atoms with Crippen LogP contribution in [0.25, 0.3) is 0 Å². The lowest BCUT2D eigenvalue weighted by molar-refractivity contribution is -0.125. The van der Waals surface area contributed by atoms with Crippen LogP contribution in [0.15, 0.2) is 30.3 Å². The largest absolute Gasteiger partial charge is 0.368 e. The molecule has 0 aliphatic rings. The van der Waals surface area contributed by atoms with E-state index in [0.717, 1.165) is 6.42 Å². The van der Waals surface area contributed by atoms with Gasteiger partial charge in [-0.05, 0) is 18.9 Å². The molecular formula is C11H16N2O2. The van der Waals surface area contributed by atoms with Gasteiger partial charge in [-0.25, -0.2) is 0 Å². The van der Waals surface area contributed by atoms with Gasteiger partial charge in [-0.2, -0.15) is 5.48 Å². The predicted molar refractivity (Wildman–Crippen MR) is 57.9 cm³/mol.